The molecule has 0 spiro atoms. The Morgan fingerprint density at radius 2 is 1.67 bits per heavy atom. The van der Waals surface area contributed by atoms with Gasteiger partial charge >= 0.3 is 11.9 Å². The number of ether oxygens (including phenoxy) is 2. The van der Waals surface area contributed by atoms with Gasteiger partial charge in [0.25, 0.3) is 0 Å². The van der Waals surface area contributed by atoms with E-state index in [1.54, 1.807) is 0 Å². The molecule has 0 aliphatic heterocycles. The highest BCUT2D eigenvalue weighted by Crippen LogP contribution is 2.06. The minimum atomic E-state index is -0.529. The number of carbonyl (C=O) groups is 2. The quantitative estimate of drug-likeness (QED) is 0.518. The molecule has 0 bridgehead atoms. The molecule has 0 fully saturated rings. The first kappa shape index (κ1) is 16.4. The van der Waals surface area contributed by atoms with E-state index >= 15 is 0 Å². The van der Waals surface area contributed by atoms with Gasteiger partial charge in [-0.25, -0.2) is 4.79 Å². The minimum absolute atomic E-state index is 0.223. The molecule has 4 nitrogen and oxygen atoms in total. The van der Waals surface area contributed by atoms with Gasteiger partial charge in [0.05, 0.1) is 0 Å². The number of hydrogen-bond donors (Lipinski definition) is 0. The normalized spacial score (nSPS) is 10.8. The Balaban J connectivity index is 3.76. The van der Waals surface area contributed by atoms with Crippen LogP contribution in [0.15, 0.2) is 23.3 Å². The van der Waals surface area contributed by atoms with Crippen LogP contribution in [0.5, 0.6) is 0 Å². The Morgan fingerprint density at radius 1 is 1.00 bits per heavy atom. The standard InChI is InChI=1S/C14H22O4/c1-11(2)6-5-7-12(3)8-9-17-14(16)10-18-13(4)15/h6,8H,5,7,9-10H2,1-4H3/b12-8+. The SMILES string of the molecule is CC(=O)OCC(=O)OC/C=C(\C)CCC=C(C)C. The summed E-state index contributed by atoms with van der Waals surface area (Å²) < 4.78 is 9.39. The van der Waals surface area contributed by atoms with E-state index in [2.05, 4.69) is 24.7 Å². The summed E-state index contributed by atoms with van der Waals surface area (Å²) in [6, 6.07) is 0. The van der Waals surface area contributed by atoms with Crippen LogP contribution in [0.4, 0.5) is 0 Å². The molecule has 4 heteroatoms. The van der Waals surface area contributed by atoms with Crippen molar-refractivity contribution in [3.63, 3.8) is 0 Å². The van der Waals surface area contributed by atoms with E-state index in [0.29, 0.717) is 0 Å². The first-order chi connectivity index (χ1) is 8.41. The van der Waals surface area contributed by atoms with E-state index < -0.39 is 11.9 Å². The summed E-state index contributed by atoms with van der Waals surface area (Å²) in [4.78, 5) is 21.6. The van der Waals surface area contributed by atoms with Crippen LogP contribution in [0, 0.1) is 0 Å². The number of hydrogen-bond acceptors (Lipinski definition) is 4. The molecule has 0 radical (unpaired) electrons. The third-order valence-electron chi connectivity index (χ3n) is 2.16. The third kappa shape index (κ3) is 10.9. The fraction of sp³-hybridized carbons (Fsp3) is 0.571. The van der Waals surface area contributed by atoms with Crippen molar-refractivity contribution in [2.24, 2.45) is 0 Å². The number of carbonyl (C=O) groups excluding carboxylic acids is 2. The second kappa shape index (κ2) is 9.45. The predicted molar refractivity (Wildman–Crippen MR) is 70.0 cm³/mol. The smallest absolute Gasteiger partial charge is 0.344 e. The molecule has 0 aromatic carbocycles. The predicted octanol–water partition coefficient (Wildman–Crippen LogP) is 2.79. The Hall–Kier alpha value is -1.58. The van der Waals surface area contributed by atoms with Crippen molar-refractivity contribution in [1.29, 1.82) is 0 Å². The van der Waals surface area contributed by atoms with Crippen molar-refractivity contribution in [3.8, 4) is 0 Å². The molecule has 0 amide bonds. The Labute approximate surface area is 109 Å². The van der Waals surface area contributed by atoms with Crippen molar-refractivity contribution in [2.75, 3.05) is 13.2 Å². The monoisotopic (exact) mass is 254 g/mol. The highest BCUT2D eigenvalue weighted by molar-refractivity contribution is 5.75. The van der Waals surface area contributed by atoms with E-state index in [4.69, 9.17) is 4.74 Å². The minimum Gasteiger partial charge on any atom is -0.459 e. The first-order valence-corrected chi connectivity index (χ1v) is 5.99. The number of esters is 2. The largest absolute Gasteiger partial charge is 0.459 e. The lowest BCUT2D eigenvalue weighted by atomic mass is 10.1. The van der Waals surface area contributed by atoms with Gasteiger partial charge < -0.3 is 9.47 Å². The van der Waals surface area contributed by atoms with Gasteiger partial charge in [-0.2, -0.15) is 0 Å². The summed E-state index contributed by atoms with van der Waals surface area (Å²) in [6.45, 7) is 7.28. The van der Waals surface area contributed by atoms with Crippen LogP contribution in [-0.4, -0.2) is 25.2 Å². The van der Waals surface area contributed by atoms with Crippen LogP contribution < -0.4 is 0 Å². The second-order valence-corrected chi connectivity index (χ2v) is 4.33. The van der Waals surface area contributed by atoms with E-state index in [1.807, 2.05) is 13.0 Å². The zero-order valence-corrected chi connectivity index (χ0v) is 11.6. The van der Waals surface area contributed by atoms with Gasteiger partial charge in [0.2, 0.25) is 0 Å². The molecule has 0 rings (SSSR count). The molecule has 0 saturated carbocycles. The average molecular weight is 254 g/mol. The lowest BCUT2D eigenvalue weighted by Crippen LogP contribution is -2.14. The molecule has 0 aliphatic rings. The molecule has 0 aliphatic carbocycles. The van der Waals surface area contributed by atoms with Crippen molar-refractivity contribution in [1.82, 2.24) is 0 Å². The lowest BCUT2D eigenvalue weighted by molar-refractivity contribution is -0.156. The lowest BCUT2D eigenvalue weighted by Gasteiger charge is -2.03. The first-order valence-electron chi connectivity index (χ1n) is 5.99. The van der Waals surface area contributed by atoms with Crippen molar-refractivity contribution in [3.05, 3.63) is 23.3 Å². The zero-order valence-electron chi connectivity index (χ0n) is 11.6. The maximum absolute atomic E-state index is 11.1. The van der Waals surface area contributed by atoms with E-state index in [-0.39, 0.29) is 13.2 Å². The molecule has 0 aromatic heterocycles. The molecular weight excluding hydrogens is 232 g/mol. The van der Waals surface area contributed by atoms with Crippen LogP contribution in [0.25, 0.3) is 0 Å². The Morgan fingerprint density at radius 3 is 2.22 bits per heavy atom. The third-order valence-corrected chi connectivity index (χ3v) is 2.16. The van der Waals surface area contributed by atoms with E-state index in [9.17, 15) is 9.59 Å². The summed E-state index contributed by atoms with van der Waals surface area (Å²) in [6.07, 6.45) is 5.98. The van der Waals surface area contributed by atoms with Gasteiger partial charge in [-0.05, 0) is 39.7 Å². The van der Waals surface area contributed by atoms with Gasteiger partial charge in [0, 0.05) is 6.92 Å². The molecule has 0 N–H and O–H groups in total. The summed E-state index contributed by atoms with van der Waals surface area (Å²) in [5.41, 5.74) is 2.48. The summed E-state index contributed by atoms with van der Waals surface area (Å²) >= 11 is 0. The van der Waals surface area contributed by atoms with Gasteiger partial charge in [-0.15, -0.1) is 0 Å². The maximum Gasteiger partial charge on any atom is 0.344 e. The zero-order chi connectivity index (χ0) is 14.0. The van der Waals surface area contributed by atoms with Crippen LogP contribution >= 0.6 is 0 Å². The Bertz CT molecular complexity index is 336. The molecule has 102 valence electrons. The maximum atomic E-state index is 11.1. The van der Waals surface area contributed by atoms with Crippen molar-refractivity contribution in [2.45, 2.75) is 40.5 Å². The van der Waals surface area contributed by atoms with Crippen molar-refractivity contribution < 1.29 is 19.1 Å². The molecule has 0 atom stereocenters. The second-order valence-electron chi connectivity index (χ2n) is 4.33. The average Bonchev–Trinajstić information content (AvgIpc) is 2.25. The van der Waals surface area contributed by atoms with Gasteiger partial charge in [-0.1, -0.05) is 17.2 Å². The summed E-state index contributed by atoms with van der Waals surface area (Å²) in [7, 11) is 0. The van der Waals surface area contributed by atoms with Gasteiger partial charge in [0.1, 0.15) is 6.61 Å². The molecule has 0 aromatic rings. The van der Waals surface area contributed by atoms with E-state index in [1.165, 1.54) is 18.1 Å². The summed E-state index contributed by atoms with van der Waals surface area (Å²) in [5, 5.41) is 0. The summed E-state index contributed by atoms with van der Waals surface area (Å²) in [5.74, 6) is -1.01. The Kier molecular flexibility index (Phi) is 8.62. The molecular formula is C14H22O4. The number of allylic oxidation sites excluding steroid dienone is 3. The highest BCUT2D eigenvalue weighted by atomic mass is 16.6. The van der Waals surface area contributed by atoms with Crippen molar-refractivity contribution >= 4 is 11.9 Å². The van der Waals surface area contributed by atoms with Crippen LogP contribution in [0.2, 0.25) is 0 Å². The van der Waals surface area contributed by atoms with Crippen LogP contribution in [-0.2, 0) is 19.1 Å². The molecule has 0 saturated heterocycles. The molecule has 0 heterocycles. The molecule has 0 unspecified atom stereocenters. The molecule has 18 heavy (non-hydrogen) atoms. The number of rotatable bonds is 7. The van der Waals surface area contributed by atoms with Gasteiger partial charge in [-0.3, -0.25) is 4.79 Å². The fourth-order valence-electron chi connectivity index (χ4n) is 1.17. The van der Waals surface area contributed by atoms with Crippen LogP contribution in [0.1, 0.15) is 40.5 Å². The van der Waals surface area contributed by atoms with Crippen LogP contribution in [0.3, 0.4) is 0 Å². The van der Waals surface area contributed by atoms with E-state index in [0.717, 1.165) is 12.8 Å². The fourth-order valence-corrected chi connectivity index (χ4v) is 1.17. The highest BCUT2D eigenvalue weighted by Gasteiger charge is 2.03. The topological polar surface area (TPSA) is 52.6 Å². The van der Waals surface area contributed by atoms with Gasteiger partial charge in [0.15, 0.2) is 6.61 Å².